The maximum atomic E-state index is 11.0. The number of hydrogen-bond donors (Lipinski definition) is 1. The fraction of sp³-hybridized carbons (Fsp3) is 0.750. The predicted octanol–water partition coefficient (Wildman–Crippen LogP) is 1.01. The monoisotopic (exact) mass is 233 g/mol. The summed E-state index contributed by atoms with van der Waals surface area (Å²) < 4.78 is 0. The van der Waals surface area contributed by atoms with Gasteiger partial charge in [-0.2, -0.15) is 0 Å². The van der Waals surface area contributed by atoms with Crippen molar-refractivity contribution in [1.29, 1.82) is 0 Å². The molecule has 0 radical (unpaired) electrons. The maximum absolute atomic E-state index is 11.0. The number of amides is 1. The summed E-state index contributed by atoms with van der Waals surface area (Å²) in [5.41, 5.74) is 0. The van der Waals surface area contributed by atoms with E-state index in [1.54, 1.807) is 0 Å². The van der Waals surface area contributed by atoms with Gasteiger partial charge in [-0.05, 0) is 6.42 Å². The molecule has 0 aromatic rings. The van der Waals surface area contributed by atoms with Gasteiger partial charge in [0.25, 0.3) is 0 Å². The minimum Gasteiger partial charge on any atom is -0.352 e. The second-order valence-electron chi connectivity index (χ2n) is 3.10. The molecule has 0 saturated heterocycles. The van der Waals surface area contributed by atoms with Gasteiger partial charge in [0.2, 0.25) is 5.91 Å². The molecule has 1 amide bonds. The van der Waals surface area contributed by atoms with Gasteiger partial charge in [-0.1, -0.05) is 15.9 Å². The molecule has 12 heavy (non-hydrogen) atoms. The molecule has 0 aliphatic heterocycles. The number of carbonyl (C=O) groups excluding carboxylic acids is 2. The number of hydrogen-bond acceptors (Lipinski definition) is 2. The van der Waals surface area contributed by atoms with Crippen molar-refractivity contribution in [2.24, 2.45) is 0 Å². The van der Waals surface area contributed by atoms with Crippen LogP contribution in [-0.2, 0) is 9.59 Å². The molecule has 1 aliphatic rings. The minimum absolute atomic E-state index is 0.0289. The molecule has 2 unspecified atom stereocenters. The van der Waals surface area contributed by atoms with Crippen LogP contribution in [-0.4, -0.2) is 22.6 Å². The zero-order valence-corrected chi connectivity index (χ0v) is 8.56. The fourth-order valence-corrected chi connectivity index (χ4v) is 2.14. The molecule has 0 aromatic heterocycles. The summed E-state index contributed by atoms with van der Waals surface area (Å²) in [7, 11) is 0. The van der Waals surface area contributed by atoms with E-state index >= 15 is 0 Å². The Kier molecular flexibility index (Phi) is 3.26. The van der Waals surface area contributed by atoms with Gasteiger partial charge in [-0.3, -0.25) is 9.59 Å². The third kappa shape index (κ3) is 2.59. The van der Waals surface area contributed by atoms with Crippen LogP contribution in [0.1, 0.15) is 26.2 Å². The second kappa shape index (κ2) is 4.03. The number of ketones is 1. The van der Waals surface area contributed by atoms with Gasteiger partial charge in [0.1, 0.15) is 5.78 Å². The summed E-state index contributed by atoms with van der Waals surface area (Å²) >= 11 is 3.39. The molecule has 3 nitrogen and oxygen atoms in total. The normalized spacial score (nSPS) is 30.0. The van der Waals surface area contributed by atoms with Crippen molar-refractivity contribution in [3.8, 4) is 0 Å². The Morgan fingerprint density at radius 2 is 2.33 bits per heavy atom. The SMILES string of the molecule is CC(=O)NC1CCC(=O)CC1Br. The molecule has 1 aliphatic carbocycles. The van der Waals surface area contributed by atoms with Crippen LogP contribution in [0.2, 0.25) is 0 Å². The lowest BCUT2D eigenvalue weighted by atomic mass is 9.94. The van der Waals surface area contributed by atoms with E-state index in [2.05, 4.69) is 21.2 Å². The molecule has 0 heterocycles. The molecular weight excluding hydrogens is 222 g/mol. The Bertz CT molecular complexity index is 205. The van der Waals surface area contributed by atoms with Gasteiger partial charge in [0.15, 0.2) is 0 Å². The van der Waals surface area contributed by atoms with Gasteiger partial charge in [0.05, 0.1) is 0 Å². The van der Waals surface area contributed by atoms with Crippen LogP contribution in [0, 0.1) is 0 Å². The molecule has 0 spiro atoms. The third-order valence-electron chi connectivity index (χ3n) is 1.98. The Morgan fingerprint density at radius 3 is 2.83 bits per heavy atom. The Balaban J connectivity index is 2.45. The summed E-state index contributed by atoms with van der Waals surface area (Å²) in [6.07, 6.45) is 1.88. The first kappa shape index (κ1) is 9.71. The third-order valence-corrected chi connectivity index (χ3v) is 2.94. The lowest BCUT2D eigenvalue weighted by Crippen LogP contribution is -2.43. The first-order valence-corrected chi connectivity index (χ1v) is 4.94. The van der Waals surface area contributed by atoms with Crippen molar-refractivity contribution < 1.29 is 9.59 Å². The van der Waals surface area contributed by atoms with Gasteiger partial charge < -0.3 is 5.32 Å². The number of Topliss-reactive ketones (excluding diaryl/α,β-unsaturated/α-hetero) is 1. The average molecular weight is 234 g/mol. The summed E-state index contributed by atoms with van der Waals surface area (Å²) in [4.78, 5) is 21.8. The van der Waals surface area contributed by atoms with Crippen LogP contribution in [0.5, 0.6) is 0 Å². The maximum Gasteiger partial charge on any atom is 0.217 e. The highest BCUT2D eigenvalue weighted by Crippen LogP contribution is 2.22. The number of alkyl halides is 1. The van der Waals surface area contributed by atoms with Crippen molar-refractivity contribution in [1.82, 2.24) is 5.32 Å². The molecule has 1 fully saturated rings. The van der Waals surface area contributed by atoms with E-state index < -0.39 is 0 Å². The molecule has 1 saturated carbocycles. The number of carbonyl (C=O) groups is 2. The van der Waals surface area contributed by atoms with Crippen LogP contribution in [0.15, 0.2) is 0 Å². The number of halogens is 1. The molecule has 1 rings (SSSR count). The number of rotatable bonds is 1. The van der Waals surface area contributed by atoms with E-state index in [0.29, 0.717) is 12.8 Å². The van der Waals surface area contributed by atoms with Crippen LogP contribution < -0.4 is 5.32 Å². The van der Waals surface area contributed by atoms with Crippen LogP contribution in [0.3, 0.4) is 0 Å². The van der Waals surface area contributed by atoms with E-state index in [1.807, 2.05) is 0 Å². The molecule has 68 valence electrons. The highest BCUT2D eigenvalue weighted by molar-refractivity contribution is 9.09. The standard InChI is InChI=1S/C8H12BrNO2/c1-5(11)10-8-3-2-6(12)4-7(8)9/h7-8H,2-4H2,1H3,(H,10,11). The summed E-state index contributed by atoms with van der Waals surface area (Å²) in [6.45, 7) is 1.50. The van der Waals surface area contributed by atoms with Crippen LogP contribution >= 0.6 is 15.9 Å². The van der Waals surface area contributed by atoms with E-state index in [-0.39, 0.29) is 22.6 Å². The van der Waals surface area contributed by atoms with Crippen LogP contribution in [0.25, 0.3) is 0 Å². The average Bonchev–Trinajstić information content (AvgIpc) is 1.94. The van der Waals surface area contributed by atoms with Gasteiger partial charge in [0, 0.05) is 30.6 Å². The van der Waals surface area contributed by atoms with Gasteiger partial charge in [-0.25, -0.2) is 0 Å². The van der Waals surface area contributed by atoms with Crippen molar-refractivity contribution in [3.63, 3.8) is 0 Å². The molecule has 0 bridgehead atoms. The molecule has 4 heteroatoms. The summed E-state index contributed by atoms with van der Waals surface area (Å²) in [6, 6.07) is 0.125. The predicted molar refractivity (Wildman–Crippen MR) is 49.2 cm³/mol. The Labute approximate surface area is 80.0 Å². The van der Waals surface area contributed by atoms with Crippen molar-refractivity contribution in [2.45, 2.75) is 37.1 Å². The second-order valence-corrected chi connectivity index (χ2v) is 4.28. The van der Waals surface area contributed by atoms with E-state index in [9.17, 15) is 9.59 Å². The first-order chi connectivity index (χ1) is 5.59. The zero-order chi connectivity index (χ0) is 9.14. The largest absolute Gasteiger partial charge is 0.352 e. The van der Waals surface area contributed by atoms with Crippen molar-refractivity contribution >= 4 is 27.6 Å². The fourth-order valence-electron chi connectivity index (χ4n) is 1.38. The molecule has 1 N–H and O–H groups in total. The number of nitrogens with one attached hydrogen (secondary N) is 1. The Morgan fingerprint density at radius 1 is 1.67 bits per heavy atom. The van der Waals surface area contributed by atoms with Crippen LogP contribution in [0.4, 0.5) is 0 Å². The van der Waals surface area contributed by atoms with Gasteiger partial charge in [-0.15, -0.1) is 0 Å². The highest BCUT2D eigenvalue weighted by Gasteiger charge is 2.27. The zero-order valence-electron chi connectivity index (χ0n) is 6.97. The minimum atomic E-state index is -0.0289. The van der Waals surface area contributed by atoms with E-state index in [4.69, 9.17) is 0 Å². The highest BCUT2D eigenvalue weighted by atomic mass is 79.9. The summed E-state index contributed by atoms with van der Waals surface area (Å²) in [5, 5.41) is 2.81. The smallest absolute Gasteiger partial charge is 0.217 e. The lowest BCUT2D eigenvalue weighted by Gasteiger charge is -2.26. The quantitative estimate of drug-likeness (QED) is 0.688. The molecule has 0 aromatic carbocycles. The Hall–Kier alpha value is -0.380. The van der Waals surface area contributed by atoms with E-state index in [1.165, 1.54) is 6.92 Å². The molecule has 2 atom stereocenters. The summed E-state index contributed by atoms with van der Waals surface area (Å²) in [5.74, 6) is 0.247. The first-order valence-electron chi connectivity index (χ1n) is 4.02. The van der Waals surface area contributed by atoms with Gasteiger partial charge >= 0.3 is 0 Å². The molecular formula is C8H12BrNO2. The lowest BCUT2D eigenvalue weighted by molar-refractivity contribution is -0.123. The van der Waals surface area contributed by atoms with Crippen molar-refractivity contribution in [3.05, 3.63) is 0 Å². The van der Waals surface area contributed by atoms with E-state index in [0.717, 1.165) is 6.42 Å². The van der Waals surface area contributed by atoms with Crippen molar-refractivity contribution in [2.75, 3.05) is 0 Å². The topological polar surface area (TPSA) is 46.2 Å².